The average Bonchev–Trinajstić information content (AvgIpc) is 2.32. The van der Waals surface area contributed by atoms with E-state index in [4.69, 9.17) is 0 Å². The van der Waals surface area contributed by atoms with E-state index in [1.54, 1.807) is 6.92 Å². The molecule has 2 nitrogen and oxygen atoms in total. The van der Waals surface area contributed by atoms with Gasteiger partial charge in [-0.3, -0.25) is 4.21 Å². The van der Waals surface area contributed by atoms with Crippen LogP contribution in [-0.2, 0) is 23.5 Å². The lowest BCUT2D eigenvalue weighted by Crippen LogP contribution is -2.21. The molecule has 0 saturated carbocycles. The molecule has 0 fully saturated rings. The van der Waals surface area contributed by atoms with Crippen molar-refractivity contribution in [3.63, 3.8) is 0 Å². The molecule has 0 aliphatic heterocycles. The fourth-order valence-electron chi connectivity index (χ4n) is 1.48. The monoisotopic (exact) mass is 297 g/mol. The van der Waals surface area contributed by atoms with Gasteiger partial charge in [0.05, 0.1) is 5.56 Å². The van der Waals surface area contributed by atoms with Crippen molar-refractivity contribution in [2.45, 2.75) is 19.6 Å². The van der Waals surface area contributed by atoms with Crippen LogP contribution >= 0.6 is 0 Å². The number of rotatable bonds is 6. The van der Waals surface area contributed by atoms with E-state index in [1.165, 1.54) is 0 Å². The second-order valence-electron chi connectivity index (χ2n) is 3.96. The summed E-state index contributed by atoms with van der Waals surface area (Å²) in [6, 6.07) is 2.43. The van der Waals surface area contributed by atoms with Crippen LogP contribution < -0.4 is 5.32 Å². The van der Waals surface area contributed by atoms with Crippen LogP contribution in [0.25, 0.3) is 0 Å². The molecule has 0 bridgehead atoms. The zero-order chi connectivity index (χ0) is 14.5. The summed E-state index contributed by atoms with van der Waals surface area (Å²) in [6.07, 6.45) is -4.56. The highest BCUT2D eigenvalue weighted by atomic mass is 32.2. The molecule has 108 valence electrons. The first-order valence-electron chi connectivity index (χ1n) is 5.75. The fraction of sp³-hybridized carbons (Fsp3) is 0.500. The predicted octanol–water partition coefficient (Wildman–Crippen LogP) is 2.70. The topological polar surface area (TPSA) is 29.1 Å². The third kappa shape index (κ3) is 5.69. The first kappa shape index (κ1) is 16.1. The molecule has 0 saturated heterocycles. The van der Waals surface area contributed by atoms with Crippen LogP contribution in [0.5, 0.6) is 0 Å². The van der Waals surface area contributed by atoms with E-state index in [1.807, 2.05) is 0 Å². The van der Waals surface area contributed by atoms with Crippen molar-refractivity contribution >= 4 is 10.8 Å². The first-order chi connectivity index (χ1) is 8.82. The number of hydrogen-bond acceptors (Lipinski definition) is 2. The van der Waals surface area contributed by atoms with Crippen LogP contribution in [-0.4, -0.2) is 22.3 Å². The lowest BCUT2D eigenvalue weighted by Gasteiger charge is -2.10. The molecule has 7 heteroatoms. The molecule has 1 atom stereocenters. The summed E-state index contributed by atoms with van der Waals surface area (Å²) in [5, 5.41) is 2.85. The van der Waals surface area contributed by atoms with Crippen LogP contribution in [0.1, 0.15) is 18.1 Å². The SMILES string of the molecule is CCS(=O)CCNCc1cc(F)cc(C(F)(F)F)c1. The van der Waals surface area contributed by atoms with Gasteiger partial charge in [0.1, 0.15) is 5.82 Å². The smallest absolute Gasteiger partial charge is 0.312 e. The Morgan fingerprint density at radius 1 is 1.26 bits per heavy atom. The standard InChI is InChI=1S/C12H15F4NOS/c1-2-19(18)4-3-17-8-9-5-10(12(14,15)16)7-11(13)6-9/h5-7,17H,2-4,8H2,1H3. The van der Waals surface area contributed by atoms with Gasteiger partial charge >= 0.3 is 6.18 Å². The molecule has 0 amide bonds. The number of nitrogens with one attached hydrogen (secondary N) is 1. The van der Waals surface area contributed by atoms with Crippen LogP contribution in [0.2, 0.25) is 0 Å². The van der Waals surface area contributed by atoms with Crippen molar-refractivity contribution < 1.29 is 21.8 Å². The van der Waals surface area contributed by atoms with Crippen molar-refractivity contribution in [2.24, 2.45) is 0 Å². The van der Waals surface area contributed by atoms with E-state index in [-0.39, 0.29) is 12.1 Å². The van der Waals surface area contributed by atoms with Crippen molar-refractivity contribution in [1.82, 2.24) is 5.32 Å². The largest absolute Gasteiger partial charge is 0.416 e. The second-order valence-corrected chi connectivity index (χ2v) is 5.82. The maximum atomic E-state index is 13.1. The average molecular weight is 297 g/mol. The van der Waals surface area contributed by atoms with Gasteiger partial charge in [0.25, 0.3) is 0 Å². The van der Waals surface area contributed by atoms with Crippen molar-refractivity contribution in [3.8, 4) is 0 Å². The maximum Gasteiger partial charge on any atom is 0.416 e. The van der Waals surface area contributed by atoms with Gasteiger partial charge in [-0.05, 0) is 23.8 Å². The highest BCUT2D eigenvalue weighted by Crippen LogP contribution is 2.30. The van der Waals surface area contributed by atoms with Crippen LogP contribution in [0.15, 0.2) is 18.2 Å². The zero-order valence-electron chi connectivity index (χ0n) is 10.4. The quantitative estimate of drug-likeness (QED) is 0.646. The van der Waals surface area contributed by atoms with Gasteiger partial charge in [0, 0.05) is 35.4 Å². The second kappa shape index (κ2) is 7.00. The summed E-state index contributed by atoms with van der Waals surface area (Å²) in [5.41, 5.74) is -0.781. The van der Waals surface area contributed by atoms with Gasteiger partial charge in [-0.1, -0.05) is 6.92 Å². The van der Waals surface area contributed by atoms with Crippen molar-refractivity contribution in [3.05, 3.63) is 35.1 Å². The lowest BCUT2D eigenvalue weighted by molar-refractivity contribution is -0.137. The minimum Gasteiger partial charge on any atom is -0.312 e. The van der Waals surface area contributed by atoms with Gasteiger partial charge < -0.3 is 5.32 Å². The Balaban J connectivity index is 2.59. The highest BCUT2D eigenvalue weighted by molar-refractivity contribution is 7.84. The zero-order valence-corrected chi connectivity index (χ0v) is 11.2. The first-order valence-corrected chi connectivity index (χ1v) is 7.24. The lowest BCUT2D eigenvalue weighted by atomic mass is 10.1. The molecule has 0 heterocycles. The van der Waals surface area contributed by atoms with Gasteiger partial charge in [0.2, 0.25) is 0 Å². The Bertz CT molecular complexity index is 448. The molecule has 1 unspecified atom stereocenters. The molecule has 0 aliphatic rings. The Hall–Kier alpha value is -0.950. The van der Waals surface area contributed by atoms with Gasteiger partial charge in [0.15, 0.2) is 0 Å². The summed E-state index contributed by atoms with van der Waals surface area (Å²) < 4.78 is 61.6. The molecule has 0 radical (unpaired) electrons. The molecule has 1 N–H and O–H groups in total. The Morgan fingerprint density at radius 2 is 1.95 bits per heavy atom. The summed E-state index contributed by atoms with van der Waals surface area (Å²) in [7, 11) is -0.924. The van der Waals surface area contributed by atoms with E-state index >= 15 is 0 Å². The predicted molar refractivity (Wildman–Crippen MR) is 66.7 cm³/mol. The minimum absolute atomic E-state index is 0.113. The Labute approximate surface area is 111 Å². The van der Waals surface area contributed by atoms with Crippen molar-refractivity contribution in [2.75, 3.05) is 18.1 Å². The summed E-state index contributed by atoms with van der Waals surface area (Å²) >= 11 is 0. The third-order valence-corrected chi connectivity index (χ3v) is 3.75. The van der Waals surface area contributed by atoms with Crippen LogP contribution in [0, 0.1) is 5.82 Å². The van der Waals surface area contributed by atoms with E-state index in [0.29, 0.717) is 24.1 Å². The fourth-order valence-corrected chi connectivity index (χ4v) is 2.14. The molecule has 0 spiro atoms. The molecule has 0 aliphatic carbocycles. The summed E-state index contributed by atoms with van der Waals surface area (Å²) in [5.74, 6) is 0.0569. The van der Waals surface area contributed by atoms with Gasteiger partial charge in [-0.2, -0.15) is 13.2 Å². The van der Waals surface area contributed by atoms with E-state index in [0.717, 1.165) is 12.1 Å². The number of benzene rings is 1. The van der Waals surface area contributed by atoms with E-state index in [2.05, 4.69) is 5.32 Å². The molecule has 1 rings (SSSR count). The van der Waals surface area contributed by atoms with Crippen molar-refractivity contribution in [1.29, 1.82) is 0 Å². The Kier molecular flexibility index (Phi) is 5.93. The molecule has 1 aromatic carbocycles. The van der Waals surface area contributed by atoms with Crippen LogP contribution in [0.4, 0.5) is 17.6 Å². The molecular formula is C12H15F4NOS. The number of halogens is 4. The minimum atomic E-state index is -4.56. The van der Waals surface area contributed by atoms with E-state index in [9.17, 15) is 21.8 Å². The van der Waals surface area contributed by atoms with E-state index < -0.39 is 28.4 Å². The number of hydrogen-bond donors (Lipinski definition) is 1. The van der Waals surface area contributed by atoms with Gasteiger partial charge in [-0.25, -0.2) is 4.39 Å². The maximum absolute atomic E-state index is 13.1. The molecular weight excluding hydrogens is 282 g/mol. The number of alkyl halides is 3. The molecule has 1 aromatic rings. The summed E-state index contributed by atoms with van der Waals surface area (Å²) in [6.45, 7) is 2.32. The summed E-state index contributed by atoms with van der Waals surface area (Å²) in [4.78, 5) is 0. The molecule has 0 aromatic heterocycles. The van der Waals surface area contributed by atoms with Gasteiger partial charge in [-0.15, -0.1) is 0 Å². The normalized spacial score (nSPS) is 13.5. The highest BCUT2D eigenvalue weighted by Gasteiger charge is 2.31. The third-order valence-electron chi connectivity index (χ3n) is 2.44. The molecule has 19 heavy (non-hydrogen) atoms. The Morgan fingerprint density at radius 3 is 2.53 bits per heavy atom. The van der Waals surface area contributed by atoms with Crippen LogP contribution in [0.3, 0.4) is 0 Å².